The first-order chi connectivity index (χ1) is 10.6. The molecule has 1 aliphatic carbocycles. The van der Waals surface area contributed by atoms with Crippen molar-refractivity contribution in [3.8, 4) is 5.75 Å². The molecule has 1 aliphatic rings. The van der Waals surface area contributed by atoms with Crippen molar-refractivity contribution in [2.45, 2.75) is 51.6 Å². The molecule has 1 saturated carbocycles. The average molecular weight is 341 g/mol. The van der Waals surface area contributed by atoms with Crippen molar-refractivity contribution in [2.75, 3.05) is 13.7 Å². The van der Waals surface area contributed by atoms with Crippen LogP contribution in [0.5, 0.6) is 5.75 Å². The van der Waals surface area contributed by atoms with Gasteiger partial charge in [-0.1, -0.05) is 25.0 Å². The topological polar surface area (TPSA) is 55.6 Å². The molecule has 2 N–H and O–H groups in total. The molecule has 1 fully saturated rings. The van der Waals surface area contributed by atoms with Gasteiger partial charge in [0.2, 0.25) is 5.91 Å². The third-order valence-electron chi connectivity index (χ3n) is 4.48. The van der Waals surface area contributed by atoms with Crippen molar-refractivity contribution in [3.63, 3.8) is 0 Å². The van der Waals surface area contributed by atoms with Crippen LogP contribution < -0.4 is 10.5 Å². The molecule has 2 atom stereocenters. The van der Waals surface area contributed by atoms with E-state index < -0.39 is 0 Å². The maximum Gasteiger partial charge on any atom is 0.222 e. The van der Waals surface area contributed by atoms with Crippen molar-refractivity contribution < 1.29 is 9.53 Å². The van der Waals surface area contributed by atoms with Gasteiger partial charge in [-0.2, -0.15) is 0 Å². The molecule has 2 rings (SSSR count). The maximum absolute atomic E-state index is 12.4. The fourth-order valence-electron chi connectivity index (χ4n) is 3.09. The molecule has 0 aliphatic heterocycles. The smallest absolute Gasteiger partial charge is 0.222 e. The van der Waals surface area contributed by atoms with Crippen molar-refractivity contribution in [3.05, 3.63) is 29.8 Å². The summed E-state index contributed by atoms with van der Waals surface area (Å²) in [6.07, 6.45) is 5.13. The molecule has 130 valence electrons. The van der Waals surface area contributed by atoms with Crippen LogP contribution in [-0.2, 0) is 11.3 Å². The first kappa shape index (κ1) is 19.8. The van der Waals surface area contributed by atoms with E-state index in [1.165, 1.54) is 12.8 Å². The summed E-state index contributed by atoms with van der Waals surface area (Å²) < 4.78 is 5.43. The molecule has 0 aromatic heterocycles. The Bertz CT molecular complexity index is 478. The first-order valence-corrected chi connectivity index (χ1v) is 8.31. The minimum atomic E-state index is 0. The number of nitrogens with two attached hydrogens (primary N) is 1. The maximum atomic E-state index is 12.4. The number of benzene rings is 1. The fourth-order valence-corrected chi connectivity index (χ4v) is 3.09. The lowest BCUT2D eigenvalue weighted by atomic mass is 9.83. The van der Waals surface area contributed by atoms with Crippen LogP contribution in [-0.4, -0.2) is 30.5 Å². The van der Waals surface area contributed by atoms with Crippen LogP contribution in [0.3, 0.4) is 0 Å². The van der Waals surface area contributed by atoms with E-state index in [1.54, 1.807) is 4.90 Å². The van der Waals surface area contributed by atoms with E-state index in [4.69, 9.17) is 10.5 Å². The summed E-state index contributed by atoms with van der Waals surface area (Å²) in [6.45, 7) is 3.27. The highest BCUT2D eigenvalue weighted by atomic mass is 35.5. The molecule has 0 radical (unpaired) electrons. The number of hydrogen-bond donors (Lipinski definition) is 1. The van der Waals surface area contributed by atoms with Crippen LogP contribution in [0.4, 0.5) is 0 Å². The number of rotatable bonds is 6. The Hall–Kier alpha value is -1.26. The first-order valence-electron chi connectivity index (χ1n) is 8.31. The summed E-state index contributed by atoms with van der Waals surface area (Å²) in [5, 5.41) is 0. The Balaban J connectivity index is 0.00000264. The predicted octanol–water partition coefficient (Wildman–Crippen LogP) is 3.37. The Morgan fingerprint density at radius 1 is 1.26 bits per heavy atom. The highest BCUT2D eigenvalue weighted by molar-refractivity contribution is 5.85. The standard InChI is InChI=1S/C18H28N2O2.ClH/c1-3-22-16-10-8-14(9-11-16)13-20(2)18(21)12-15-6-4-5-7-17(15)19;/h8-11,15,17H,3-7,12-13,19H2,1-2H3;1H. The lowest BCUT2D eigenvalue weighted by molar-refractivity contribution is -0.131. The number of hydrogen-bond acceptors (Lipinski definition) is 3. The van der Waals surface area contributed by atoms with Crippen molar-refractivity contribution in [2.24, 2.45) is 11.7 Å². The van der Waals surface area contributed by atoms with E-state index >= 15 is 0 Å². The van der Waals surface area contributed by atoms with E-state index in [-0.39, 0.29) is 24.4 Å². The van der Waals surface area contributed by atoms with E-state index in [2.05, 4.69) is 0 Å². The number of halogens is 1. The zero-order valence-corrected chi connectivity index (χ0v) is 15.0. The summed E-state index contributed by atoms with van der Waals surface area (Å²) in [7, 11) is 1.87. The quantitative estimate of drug-likeness (QED) is 0.863. The molecule has 0 bridgehead atoms. The molecule has 0 saturated heterocycles. The van der Waals surface area contributed by atoms with Gasteiger partial charge >= 0.3 is 0 Å². The van der Waals surface area contributed by atoms with Gasteiger partial charge in [-0.3, -0.25) is 4.79 Å². The number of carbonyl (C=O) groups is 1. The molecule has 23 heavy (non-hydrogen) atoms. The van der Waals surface area contributed by atoms with Crippen molar-refractivity contribution in [1.29, 1.82) is 0 Å². The van der Waals surface area contributed by atoms with Gasteiger partial charge in [-0.25, -0.2) is 0 Å². The van der Waals surface area contributed by atoms with Crippen LogP contribution in [0, 0.1) is 5.92 Å². The lowest BCUT2D eigenvalue weighted by Crippen LogP contribution is -2.37. The average Bonchev–Trinajstić information content (AvgIpc) is 2.51. The van der Waals surface area contributed by atoms with Gasteiger partial charge in [0, 0.05) is 26.1 Å². The Labute approximate surface area is 145 Å². The number of amides is 1. The summed E-state index contributed by atoms with van der Waals surface area (Å²) in [5.41, 5.74) is 7.26. The fraction of sp³-hybridized carbons (Fsp3) is 0.611. The Morgan fingerprint density at radius 2 is 1.91 bits per heavy atom. The van der Waals surface area contributed by atoms with E-state index in [1.807, 2.05) is 38.2 Å². The molecular weight excluding hydrogens is 312 g/mol. The molecule has 0 heterocycles. The zero-order chi connectivity index (χ0) is 15.9. The molecular formula is C18H29ClN2O2. The number of carbonyl (C=O) groups excluding carboxylic acids is 1. The van der Waals surface area contributed by atoms with Crippen LogP contribution in [0.25, 0.3) is 0 Å². The van der Waals surface area contributed by atoms with E-state index in [9.17, 15) is 4.79 Å². The second-order valence-corrected chi connectivity index (χ2v) is 6.24. The van der Waals surface area contributed by atoms with Crippen LogP contribution in [0.1, 0.15) is 44.6 Å². The third-order valence-corrected chi connectivity index (χ3v) is 4.48. The van der Waals surface area contributed by atoms with Crippen molar-refractivity contribution in [1.82, 2.24) is 4.90 Å². The van der Waals surface area contributed by atoms with Crippen LogP contribution in [0.2, 0.25) is 0 Å². The summed E-state index contributed by atoms with van der Waals surface area (Å²) in [4.78, 5) is 14.2. The minimum absolute atomic E-state index is 0. The van der Waals surface area contributed by atoms with Crippen LogP contribution in [0.15, 0.2) is 24.3 Å². The molecule has 0 spiro atoms. The zero-order valence-electron chi connectivity index (χ0n) is 14.2. The highest BCUT2D eigenvalue weighted by Gasteiger charge is 2.25. The highest BCUT2D eigenvalue weighted by Crippen LogP contribution is 2.26. The molecule has 5 heteroatoms. The molecule has 1 aromatic carbocycles. The second kappa shape index (κ2) is 9.78. The summed E-state index contributed by atoms with van der Waals surface area (Å²) >= 11 is 0. The van der Waals surface area contributed by atoms with Gasteiger partial charge in [-0.05, 0) is 43.4 Å². The summed E-state index contributed by atoms with van der Waals surface area (Å²) in [6, 6.07) is 8.13. The second-order valence-electron chi connectivity index (χ2n) is 6.24. The Kier molecular flexibility index (Phi) is 8.42. The van der Waals surface area contributed by atoms with Crippen molar-refractivity contribution >= 4 is 18.3 Å². The Morgan fingerprint density at radius 3 is 2.52 bits per heavy atom. The molecule has 4 nitrogen and oxygen atoms in total. The molecule has 2 unspecified atom stereocenters. The lowest BCUT2D eigenvalue weighted by Gasteiger charge is -2.29. The predicted molar refractivity (Wildman–Crippen MR) is 95.9 cm³/mol. The van der Waals surface area contributed by atoms with E-state index in [0.29, 0.717) is 25.5 Å². The summed E-state index contributed by atoms with van der Waals surface area (Å²) in [5.74, 6) is 1.41. The number of nitrogens with zero attached hydrogens (tertiary/aromatic N) is 1. The minimum Gasteiger partial charge on any atom is -0.494 e. The van der Waals surface area contributed by atoms with Gasteiger partial charge in [0.1, 0.15) is 5.75 Å². The third kappa shape index (κ3) is 6.04. The van der Waals surface area contributed by atoms with Gasteiger partial charge in [-0.15, -0.1) is 12.4 Å². The van der Waals surface area contributed by atoms with Gasteiger partial charge in [0.05, 0.1) is 6.61 Å². The van der Waals surface area contributed by atoms with Gasteiger partial charge in [0.25, 0.3) is 0 Å². The largest absolute Gasteiger partial charge is 0.494 e. The monoisotopic (exact) mass is 340 g/mol. The molecule has 1 amide bonds. The van der Waals surface area contributed by atoms with Gasteiger partial charge < -0.3 is 15.4 Å². The number of ether oxygens (including phenoxy) is 1. The van der Waals surface area contributed by atoms with Gasteiger partial charge in [0.15, 0.2) is 0 Å². The molecule has 1 aromatic rings. The van der Waals surface area contributed by atoms with Crippen LogP contribution >= 0.6 is 12.4 Å². The normalized spacial score (nSPS) is 20.5. The SMILES string of the molecule is CCOc1ccc(CN(C)C(=O)CC2CCCCC2N)cc1.Cl. The van der Waals surface area contributed by atoms with E-state index in [0.717, 1.165) is 24.2 Å².